The molecule has 86 valence electrons. The van der Waals surface area contributed by atoms with Crippen LogP contribution in [0.25, 0.3) is 0 Å². The second-order valence-corrected chi connectivity index (χ2v) is 4.63. The molecule has 17 heavy (non-hydrogen) atoms. The van der Waals surface area contributed by atoms with E-state index in [1.54, 1.807) is 23.9 Å². The number of rotatable bonds is 3. The van der Waals surface area contributed by atoms with E-state index in [-0.39, 0.29) is 5.97 Å². The highest BCUT2D eigenvalue weighted by molar-refractivity contribution is 7.99. The molecule has 0 heterocycles. The molecule has 0 aromatic heterocycles. The molecule has 0 atom stereocenters. The van der Waals surface area contributed by atoms with Gasteiger partial charge >= 0.3 is 5.97 Å². The average Bonchev–Trinajstić information content (AvgIpc) is 2.32. The Bertz CT molecular complexity index is 491. The molecule has 0 spiro atoms. The number of hydrogen-bond acceptors (Lipinski definition) is 3. The lowest BCUT2D eigenvalue weighted by Gasteiger charge is -2.03. The van der Waals surface area contributed by atoms with E-state index in [4.69, 9.17) is 4.74 Å². The molecule has 0 aliphatic heterocycles. The fourth-order valence-corrected chi connectivity index (χ4v) is 2.20. The Morgan fingerprint density at radius 2 is 1.53 bits per heavy atom. The molecule has 2 rings (SSSR count). The zero-order chi connectivity index (χ0) is 12.1. The van der Waals surface area contributed by atoms with Crippen molar-refractivity contribution in [1.82, 2.24) is 0 Å². The minimum atomic E-state index is -0.298. The van der Waals surface area contributed by atoms with Crippen molar-refractivity contribution in [2.45, 2.75) is 16.7 Å². The first-order valence-electron chi connectivity index (χ1n) is 5.25. The summed E-state index contributed by atoms with van der Waals surface area (Å²) in [5.41, 5.74) is 0. The second-order valence-electron chi connectivity index (χ2n) is 3.48. The maximum absolute atomic E-state index is 10.8. The van der Waals surface area contributed by atoms with Crippen LogP contribution in [0, 0.1) is 0 Å². The van der Waals surface area contributed by atoms with Gasteiger partial charge in [-0.1, -0.05) is 30.0 Å². The lowest BCUT2D eigenvalue weighted by atomic mass is 10.3. The summed E-state index contributed by atoms with van der Waals surface area (Å²) >= 11 is 1.67. The van der Waals surface area contributed by atoms with E-state index in [1.165, 1.54) is 11.8 Å². The number of carbonyl (C=O) groups excluding carboxylic acids is 1. The van der Waals surface area contributed by atoms with Gasteiger partial charge in [0.25, 0.3) is 0 Å². The maximum atomic E-state index is 10.8. The van der Waals surface area contributed by atoms with Crippen LogP contribution in [0.2, 0.25) is 0 Å². The highest BCUT2D eigenvalue weighted by atomic mass is 32.2. The third kappa shape index (κ3) is 3.64. The van der Waals surface area contributed by atoms with Gasteiger partial charge in [-0.05, 0) is 36.4 Å². The molecular formula is C14H12O2S. The fourth-order valence-electron chi connectivity index (χ4n) is 1.37. The summed E-state index contributed by atoms with van der Waals surface area (Å²) < 4.78 is 4.97. The normalized spacial score (nSPS) is 9.94. The van der Waals surface area contributed by atoms with Gasteiger partial charge in [0, 0.05) is 16.7 Å². The van der Waals surface area contributed by atoms with Crippen LogP contribution in [0.1, 0.15) is 6.92 Å². The van der Waals surface area contributed by atoms with E-state index in [9.17, 15) is 4.79 Å². The van der Waals surface area contributed by atoms with E-state index < -0.39 is 0 Å². The van der Waals surface area contributed by atoms with Gasteiger partial charge in [-0.15, -0.1) is 0 Å². The van der Waals surface area contributed by atoms with Crippen molar-refractivity contribution >= 4 is 17.7 Å². The van der Waals surface area contributed by atoms with Crippen molar-refractivity contribution in [3.05, 3.63) is 54.6 Å². The quantitative estimate of drug-likeness (QED) is 0.607. The zero-order valence-corrected chi connectivity index (χ0v) is 10.2. The molecule has 0 fully saturated rings. The van der Waals surface area contributed by atoms with E-state index in [0.717, 1.165) is 4.90 Å². The van der Waals surface area contributed by atoms with E-state index >= 15 is 0 Å². The molecule has 0 radical (unpaired) electrons. The molecule has 0 saturated carbocycles. The molecule has 2 aromatic carbocycles. The minimum absolute atomic E-state index is 0.298. The first-order chi connectivity index (χ1) is 8.24. The van der Waals surface area contributed by atoms with Crippen LogP contribution in [0.4, 0.5) is 0 Å². The van der Waals surface area contributed by atoms with Crippen LogP contribution in [0.3, 0.4) is 0 Å². The molecule has 0 aliphatic rings. The topological polar surface area (TPSA) is 26.3 Å². The van der Waals surface area contributed by atoms with Gasteiger partial charge in [0.15, 0.2) is 0 Å². The van der Waals surface area contributed by atoms with Gasteiger partial charge in [-0.3, -0.25) is 4.79 Å². The van der Waals surface area contributed by atoms with Crippen LogP contribution in [0.15, 0.2) is 64.4 Å². The van der Waals surface area contributed by atoms with Crippen LogP contribution >= 0.6 is 11.8 Å². The van der Waals surface area contributed by atoms with Gasteiger partial charge in [-0.25, -0.2) is 0 Å². The lowest BCUT2D eigenvalue weighted by Crippen LogP contribution is -2.00. The summed E-state index contributed by atoms with van der Waals surface area (Å²) in [5, 5.41) is 0. The molecule has 0 saturated heterocycles. The van der Waals surface area contributed by atoms with Gasteiger partial charge in [-0.2, -0.15) is 0 Å². The molecular weight excluding hydrogens is 232 g/mol. The van der Waals surface area contributed by atoms with Gasteiger partial charge in [0.2, 0.25) is 0 Å². The van der Waals surface area contributed by atoms with Crippen molar-refractivity contribution in [1.29, 1.82) is 0 Å². The van der Waals surface area contributed by atoms with Crippen molar-refractivity contribution in [2.24, 2.45) is 0 Å². The van der Waals surface area contributed by atoms with Gasteiger partial charge in [0.05, 0.1) is 0 Å². The Balaban J connectivity index is 2.06. The van der Waals surface area contributed by atoms with Crippen molar-refractivity contribution in [3.63, 3.8) is 0 Å². The number of benzene rings is 2. The van der Waals surface area contributed by atoms with Gasteiger partial charge in [0.1, 0.15) is 5.75 Å². The molecule has 0 aliphatic carbocycles. The van der Waals surface area contributed by atoms with Crippen molar-refractivity contribution in [2.75, 3.05) is 0 Å². The molecule has 3 heteroatoms. The summed E-state index contributed by atoms with van der Waals surface area (Å²) in [4.78, 5) is 13.1. The maximum Gasteiger partial charge on any atom is 0.308 e. The summed E-state index contributed by atoms with van der Waals surface area (Å²) in [6.07, 6.45) is 0. The summed E-state index contributed by atoms with van der Waals surface area (Å²) in [5.74, 6) is 0.281. The third-order valence-electron chi connectivity index (χ3n) is 2.06. The number of carbonyl (C=O) groups is 1. The molecule has 0 unspecified atom stereocenters. The summed E-state index contributed by atoms with van der Waals surface area (Å²) in [6.45, 7) is 1.40. The van der Waals surface area contributed by atoms with Crippen molar-refractivity contribution < 1.29 is 9.53 Å². The summed E-state index contributed by atoms with van der Waals surface area (Å²) in [6, 6.07) is 17.6. The third-order valence-corrected chi connectivity index (χ3v) is 3.08. The molecule has 0 N–H and O–H groups in total. The molecule has 2 nitrogen and oxygen atoms in total. The fraction of sp³-hybridized carbons (Fsp3) is 0.0714. The highest BCUT2D eigenvalue weighted by Gasteiger charge is 1.99. The first kappa shape index (κ1) is 11.7. The van der Waals surface area contributed by atoms with Gasteiger partial charge < -0.3 is 4.74 Å². The minimum Gasteiger partial charge on any atom is -0.427 e. The zero-order valence-electron chi connectivity index (χ0n) is 9.42. The molecule has 0 bridgehead atoms. The number of esters is 1. The number of ether oxygens (including phenoxy) is 1. The second kappa shape index (κ2) is 5.55. The Labute approximate surface area is 105 Å². The van der Waals surface area contributed by atoms with Crippen molar-refractivity contribution in [3.8, 4) is 5.75 Å². The van der Waals surface area contributed by atoms with E-state index in [2.05, 4.69) is 12.1 Å². The molecule has 2 aromatic rings. The Morgan fingerprint density at radius 3 is 2.12 bits per heavy atom. The van der Waals surface area contributed by atoms with Crippen LogP contribution in [0.5, 0.6) is 5.75 Å². The average molecular weight is 244 g/mol. The van der Waals surface area contributed by atoms with Crippen LogP contribution < -0.4 is 4.74 Å². The Morgan fingerprint density at radius 1 is 0.941 bits per heavy atom. The standard InChI is InChI=1S/C14H12O2S/c1-11(15)16-12-7-9-14(10-8-12)17-13-5-3-2-4-6-13/h2-10H,1H3. The predicted octanol–water partition coefficient (Wildman–Crippen LogP) is 3.76. The smallest absolute Gasteiger partial charge is 0.308 e. The SMILES string of the molecule is CC(=O)Oc1ccc(Sc2ccccc2)cc1. The Kier molecular flexibility index (Phi) is 3.83. The summed E-state index contributed by atoms with van der Waals surface area (Å²) in [7, 11) is 0. The van der Waals surface area contributed by atoms with E-state index in [1.807, 2.05) is 30.3 Å². The van der Waals surface area contributed by atoms with Crippen LogP contribution in [-0.2, 0) is 4.79 Å². The number of hydrogen-bond donors (Lipinski definition) is 0. The molecule has 0 amide bonds. The Hall–Kier alpha value is -1.74. The largest absolute Gasteiger partial charge is 0.427 e. The predicted molar refractivity (Wildman–Crippen MR) is 68.3 cm³/mol. The highest BCUT2D eigenvalue weighted by Crippen LogP contribution is 2.28. The monoisotopic (exact) mass is 244 g/mol. The lowest BCUT2D eigenvalue weighted by molar-refractivity contribution is -0.131. The first-order valence-corrected chi connectivity index (χ1v) is 6.07. The van der Waals surface area contributed by atoms with Crippen LogP contribution in [-0.4, -0.2) is 5.97 Å². The van der Waals surface area contributed by atoms with E-state index in [0.29, 0.717) is 5.75 Å².